The summed E-state index contributed by atoms with van der Waals surface area (Å²) < 4.78 is 5.82. The van der Waals surface area contributed by atoms with Gasteiger partial charge in [0.1, 0.15) is 18.7 Å². The normalized spacial score (nSPS) is 18.4. The van der Waals surface area contributed by atoms with Crippen LogP contribution in [0.4, 0.5) is 4.79 Å². The van der Waals surface area contributed by atoms with E-state index in [1.54, 1.807) is 20.8 Å². The van der Waals surface area contributed by atoms with Crippen LogP contribution in [0.5, 0.6) is 0 Å². The van der Waals surface area contributed by atoms with Gasteiger partial charge in [-0.1, -0.05) is 78.9 Å². The van der Waals surface area contributed by atoms with Crippen LogP contribution >= 0.6 is 0 Å². The lowest BCUT2D eigenvalue weighted by Gasteiger charge is -2.41. The first kappa shape index (κ1) is 28.4. The van der Waals surface area contributed by atoms with Crippen molar-refractivity contribution in [3.8, 4) is 11.1 Å². The number of nitrogens with one attached hydrogen (secondary N) is 1. The van der Waals surface area contributed by atoms with Crippen molar-refractivity contribution in [3.05, 3.63) is 95.6 Å². The molecule has 8 nitrogen and oxygen atoms in total. The summed E-state index contributed by atoms with van der Waals surface area (Å²) >= 11 is 0. The Morgan fingerprint density at radius 1 is 0.951 bits per heavy atom. The highest BCUT2D eigenvalue weighted by Crippen LogP contribution is 2.44. The fourth-order valence-corrected chi connectivity index (χ4v) is 6.03. The first-order valence-corrected chi connectivity index (χ1v) is 14.0. The number of ether oxygens (including phenoxy) is 1. The number of aliphatic carboxylic acids is 1. The van der Waals surface area contributed by atoms with Gasteiger partial charge in [0.2, 0.25) is 0 Å². The molecule has 214 valence electrons. The van der Waals surface area contributed by atoms with Crippen LogP contribution in [0.15, 0.2) is 78.9 Å². The lowest BCUT2D eigenvalue weighted by molar-refractivity contribution is -0.151. The fourth-order valence-electron chi connectivity index (χ4n) is 6.03. The maximum atomic E-state index is 14.1. The van der Waals surface area contributed by atoms with E-state index in [0.29, 0.717) is 19.5 Å². The van der Waals surface area contributed by atoms with Gasteiger partial charge in [0, 0.05) is 31.1 Å². The minimum absolute atomic E-state index is 0.115. The van der Waals surface area contributed by atoms with Crippen molar-refractivity contribution in [2.45, 2.75) is 50.7 Å². The number of hydrogen-bond donors (Lipinski definition) is 2. The second-order valence-corrected chi connectivity index (χ2v) is 11.9. The Morgan fingerprint density at radius 3 is 2.12 bits per heavy atom. The summed E-state index contributed by atoms with van der Waals surface area (Å²) in [7, 11) is 0. The van der Waals surface area contributed by atoms with Crippen molar-refractivity contribution < 1.29 is 24.2 Å². The standard InChI is InChI=1S/C33H37N3O5/c1-32(2,3)36(20-29(37)38)30(39)33(17-18-35(22-33)19-23-11-5-4-6-12-23)34-31(40)41-21-28-26-15-9-7-13-24(26)25-14-8-10-16-27(25)28/h4-16,28H,17-22H2,1-3H3,(H,34,40)(H,37,38). The van der Waals surface area contributed by atoms with Gasteiger partial charge in [-0.05, 0) is 55.0 Å². The molecule has 2 amide bonds. The molecule has 0 saturated carbocycles. The fraction of sp³-hybridized carbons (Fsp3) is 0.364. The van der Waals surface area contributed by atoms with Crippen molar-refractivity contribution in [3.63, 3.8) is 0 Å². The third kappa shape index (κ3) is 5.98. The van der Waals surface area contributed by atoms with Crippen LogP contribution in [0.2, 0.25) is 0 Å². The molecule has 0 bridgehead atoms. The number of carbonyl (C=O) groups is 3. The van der Waals surface area contributed by atoms with Gasteiger partial charge in [-0.15, -0.1) is 0 Å². The van der Waals surface area contributed by atoms with Gasteiger partial charge >= 0.3 is 12.1 Å². The average Bonchev–Trinajstić information content (AvgIpc) is 3.49. The number of carboxylic acids is 1. The van der Waals surface area contributed by atoms with E-state index in [2.05, 4.69) is 34.5 Å². The lowest BCUT2D eigenvalue weighted by atomic mass is 9.93. The predicted octanol–water partition coefficient (Wildman–Crippen LogP) is 4.88. The molecule has 3 aromatic carbocycles. The Bertz CT molecular complexity index is 1390. The summed E-state index contributed by atoms with van der Waals surface area (Å²) in [5.74, 6) is -1.64. The van der Waals surface area contributed by atoms with Crippen molar-refractivity contribution in [1.29, 1.82) is 0 Å². The number of benzene rings is 3. The first-order chi connectivity index (χ1) is 19.6. The molecule has 0 spiro atoms. The molecule has 1 heterocycles. The Balaban J connectivity index is 1.36. The smallest absolute Gasteiger partial charge is 0.408 e. The molecule has 1 aliphatic carbocycles. The van der Waals surface area contributed by atoms with E-state index >= 15 is 0 Å². The van der Waals surface area contributed by atoms with Gasteiger partial charge < -0.3 is 20.1 Å². The van der Waals surface area contributed by atoms with Crippen LogP contribution < -0.4 is 5.32 Å². The number of alkyl carbamates (subject to hydrolysis) is 1. The molecule has 0 aromatic heterocycles. The van der Waals surface area contributed by atoms with E-state index in [1.165, 1.54) is 4.90 Å². The number of likely N-dealkylation sites (tertiary alicyclic amines) is 1. The van der Waals surface area contributed by atoms with Crippen molar-refractivity contribution in [2.75, 3.05) is 26.2 Å². The van der Waals surface area contributed by atoms with E-state index in [-0.39, 0.29) is 19.1 Å². The Hall–Kier alpha value is -4.17. The van der Waals surface area contributed by atoms with Gasteiger partial charge in [0.05, 0.1) is 0 Å². The summed E-state index contributed by atoms with van der Waals surface area (Å²) in [5.41, 5.74) is 3.47. The predicted molar refractivity (Wildman–Crippen MR) is 156 cm³/mol. The molecule has 1 saturated heterocycles. The van der Waals surface area contributed by atoms with Crippen molar-refractivity contribution in [2.24, 2.45) is 0 Å². The zero-order valence-electron chi connectivity index (χ0n) is 23.8. The highest BCUT2D eigenvalue weighted by Gasteiger charge is 2.50. The van der Waals surface area contributed by atoms with Gasteiger partial charge in [-0.3, -0.25) is 14.5 Å². The van der Waals surface area contributed by atoms with Gasteiger partial charge in [-0.2, -0.15) is 0 Å². The molecule has 1 aliphatic heterocycles. The summed E-state index contributed by atoms with van der Waals surface area (Å²) in [6.07, 6.45) is -0.347. The molecule has 1 atom stereocenters. The van der Waals surface area contributed by atoms with Crippen molar-refractivity contribution >= 4 is 18.0 Å². The molecule has 1 unspecified atom stereocenters. The van der Waals surface area contributed by atoms with Crippen LogP contribution in [0, 0.1) is 0 Å². The van der Waals surface area contributed by atoms with Crippen LogP contribution in [0.3, 0.4) is 0 Å². The largest absolute Gasteiger partial charge is 0.480 e. The van der Waals surface area contributed by atoms with Crippen molar-refractivity contribution in [1.82, 2.24) is 15.1 Å². The zero-order valence-corrected chi connectivity index (χ0v) is 23.8. The van der Waals surface area contributed by atoms with Crippen LogP contribution in [-0.4, -0.2) is 70.2 Å². The topological polar surface area (TPSA) is 99.2 Å². The molecule has 0 radical (unpaired) electrons. The highest BCUT2D eigenvalue weighted by atomic mass is 16.5. The maximum absolute atomic E-state index is 14.1. The average molecular weight is 556 g/mol. The molecule has 3 aromatic rings. The summed E-state index contributed by atoms with van der Waals surface area (Å²) in [5, 5.41) is 12.5. The van der Waals surface area contributed by atoms with E-state index in [1.807, 2.05) is 54.6 Å². The van der Waals surface area contributed by atoms with Crippen LogP contribution in [0.1, 0.15) is 49.8 Å². The number of amides is 2. The SMILES string of the molecule is CC(C)(C)N(CC(=O)O)C(=O)C1(NC(=O)OCC2c3ccccc3-c3ccccc32)CCN(Cc2ccccc2)C1. The van der Waals surface area contributed by atoms with Gasteiger partial charge in [-0.25, -0.2) is 4.79 Å². The number of carbonyl (C=O) groups excluding carboxylic acids is 2. The molecule has 2 N–H and O–H groups in total. The highest BCUT2D eigenvalue weighted by molar-refractivity contribution is 5.93. The molecule has 8 heteroatoms. The summed E-state index contributed by atoms with van der Waals surface area (Å²) in [4.78, 5) is 42.7. The van der Waals surface area contributed by atoms with E-state index < -0.39 is 35.6 Å². The Kier molecular flexibility index (Phi) is 7.87. The van der Waals surface area contributed by atoms with Gasteiger partial charge in [0.25, 0.3) is 5.91 Å². The number of carboxylic acid groups (broad SMARTS) is 1. The Morgan fingerprint density at radius 2 is 1.54 bits per heavy atom. The zero-order chi connectivity index (χ0) is 29.2. The van der Waals surface area contributed by atoms with Crippen LogP contribution in [0.25, 0.3) is 11.1 Å². The van der Waals surface area contributed by atoms with E-state index in [4.69, 9.17) is 4.74 Å². The second kappa shape index (κ2) is 11.4. The molecule has 41 heavy (non-hydrogen) atoms. The number of hydrogen-bond acceptors (Lipinski definition) is 5. The Labute approximate surface area is 240 Å². The minimum atomic E-state index is -1.32. The summed E-state index contributed by atoms with van der Waals surface area (Å²) in [6.45, 7) is 6.47. The van der Waals surface area contributed by atoms with E-state index in [0.717, 1.165) is 27.8 Å². The third-order valence-electron chi connectivity index (χ3n) is 8.04. The molecule has 2 aliphatic rings. The van der Waals surface area contributed by atoms with Crippen LogP contribution in [-0.2, 0) is 20.9 Å². The molecule has 1 fully saturated rings. The third-order valence-corrected chi connectivity index (χ3v) is 8.04. The molecule has 5 rings (SSSR count). The van der Waals surface area contributed by atoms with E-state index in [9.17, 15) is 19.5 Å². The van der Waals surface area contributed by atoms with Gasteiger partial charge in [0.15, 0.2) is 0 Å². The number of nitrogens with zero attached hydrogens (tertiary/aromatic N) is 2. The summed E-state index contributed by atoms with van der Waals surface area (Å²) in [6, 6.07) is 26.1. The quantitative estimate of drug-likeness (QED) is 0.411. The maximum Gasteiger partial charge on any atom is 0.408 e. The lowest BCUT2D eigenvalue weighted by Crippen LogP contribution is -2.64. The second-order valence-electron chi connectivity index (χ2n) is 11.9. The monoisotopic (exact) mass is 555 g/mol. The molecular formula is C33H37N3O5. The number of rotatable bonds is 8. The first-order valence-electron chi connectivity index (χ1n) is 14.0. The minimum Gasteiger partial charge on any atom is -0.480 e. The molecular weight excluding hydrogens is 518 g/mol. The number of fused-ring (bicyclic) bond motifs is 3.